The Morgan fingerprint density at radius 3 is 3.14 bits per heavy atom. The third-order valence-corrected chi connectivity index (χ3v) is 1.78. The number of nitrogens with one attached hydrogen (secondary N) is 1. The minimum absolute atomic E-state index is 0.475. The molecule has 0 aliphatic heterocycles. The summed E-state index contributed by atoms with van der Waals surface area (Å²) >= 11 is 0. The number of amides is 1. The lowest BCUT2D eigenvalue weighted by Crippen LogP contribution is -2.10. The minimum atomic E-state index is -0.520. The molecule has 2 aromatic rings. The van der Waals surface area contributed by atoms with Gasteiger partial charge in [0.15, 0.2) is 5.82 Å². The van der Waals surface area contributed by atoms with Gasteiger partial charge in [-0.05, 0) is 12.1 Å². The number of hydrogen-bond donors (Lipinski definition) is 1. The van der Waals surface area contributed by atoms with Crippen LogP contribution >= 0.6 is 0 Å². The van der Waals surface area contributed by atoms with Gasteiger partial charge in [-0.25, -0.2) is 9.78 Å². The molecule has 0 radical (unpaired) electrons. The van der Waals surface area contributed by atoms with Crippen molar-refractivity contribution in [3.8, 4) is 0 Å². The Morgan fingerprint density at radius 2 is 2.43 bits per heavy atom. The van der Waals surface area contributed by atoms with E-state index in [0.717, 1.165) is 5.65 Å². The lowest BCUT2D eigenvalue weighted by molar-refractivity contribution is 0.187. The predicted molar refractivity (Wildman–Crippen MR) is 51.2 cm³/mol. The van der Waals surface area contributed by atoms with Gasteiger partial charge in [-0.2, -0.15) is 0 Å². The Labute approximate surface area is 80.3 Å². The average molecular weight is 191 g/mol. The zero-order valence-corrected chi connectivity index (χ0v) is 7.60. The lowest BCUT2D eigenvalue weighted by Gasteiger charge is -1.96. The highest BCUT2D eigenvalue weighted by atomic mass is 16.5. The van der Waals surface area contributed by atoms with E-state index in [1.54, 1.807) is 6.20 Å². The maximum atomic E-state index is 10.9. The third-order valence-electron chi connectivity index (χ3n) is 1.78. The molecule has 0 atom stereocenters. The van der Waals surface area contributed by atoms with E-state index in [1.165, 1.54) is 7.11 Å². The van der Waals surface area contributed by atoms with Crippen LogP contribution in [-0.2, 0) is 4.74 Å². The monoisotopic (exact) mass is 191 g/mol. The number of methoxy groups -OCH3 is 1. The molecule has 0 fully saturated rings. The molecule has 2 aromatic heterocycles. The van der Waals surface area contributed by atoms with Gasteiger partial charge in [0.25, 0.3) is 0 Å². The summed E-state index contributed by atoms with van der Waals surface area (Å²) in [4.78, 5) is 15.0. The van der Waals surface area contributed by atoms with Crippen molar-refractivity contribution in [2.75, 3.05) is 12.4 Å². The fourth-order valence-corrected chi connectivity index (χ4v) is 1.15. The molecule has 1 amide bonds. The quantitative estimate of drug-likeness (QED) is 0.743. The van der Waals surface area contributed by atoms with E-state index in [1.807, 2.05) is 28.8 Å². The standard InChI is InChI=1S/C9H9N3O2/c1-14-9(13)11-7-6-12-5-3-2-4-8(12)10-7/h2-6H,1H3,(H,11,13). The first kappa shape index (κ1) is 8.55. The Kier molecular flexibility index (Phi) is 2.06. The number of pyridine rings is 1. The van der Waals surface area contributed by atoms with Crippen LogP contribution in [0.2, 0.25) is 0 Å². The highest BCUT2D eigenvalue weighted by Crippen LogP contribution is 2.08. The van der Waals surface area contributed by atoms with E-state index >= 15 is 0 Å². The van der Waals surface area contributed by atoms with Crippen molar-refractivity contribution in [2.45, 2.75) is 0 Å². The molecule has 0 aliphatic rings. The van der Waals surface area contributed by atoms with Gasteiger partial charge < -0.3 is 9.14 Å². The fraction of sp³-hybridized carbons (Fsp3) is 0.111. The van der Waals surface area contributed by atoms with Crippen LogP contribution in [0.1, 0.15) is 0 Å². The molecule has 0 aromatic carbocycles. The van der Waals surface area contributed by atoms with E-state index in [-0.39, 0.29) is 0 Å². The molecule has 2 heterocycles. The van der Waals surface area contributed by atoms with E-state index in [9.17, 15) is 4.79 Å². The SMILES string of the molecule is COC(=O)Nc1cn2ccccc2n1. The van der Waals surface area contributed by atoms with E-state index in [2.05, 4.69) is 15.0 Å². The van der Waals surface area contributed by atoms with Crippen LogP contribution in [-0.4, -0.2) is 22.6 Å². The molecular weight excluding hydrogens is 182 g/mol. The van der Waals surface area contributed by atoms with Gasteiger partial charge in [0.2, 0.25) is 0 Å². The fourth-order valence-electron chi connectivity index (χ4n) is 1.15. The number of carbonyl (C=O) groups excluding carboxylic acids is 1. The second-order valence-corrected chi connectivity index (χ2v) is 2.71. The van der Waals surface area contributed by atoms with Gasteiger partial charge in [-0.3, -0.25) is 5.32 Å². The molecule has 0 aliphatic carbocycles. The maximum Gasteiger partial charge on any atom is 0.412 e. The third kappa shape index (κ3) is 1.52. The van der Waals surface area contributed by atoms with Gasteiger partial charge in [0.05, 0.1) is 13.3 Å². The topological polar surface area (TPSA) is 55.6 Å². The number of fused-ring (bicyclic) bond motifs is 1. The number of ether oxygens (including phenoxy) is 1. The summed E-state index contributed by atoms with van der Waals surface area (Å²) in [6, 6.07) is 5.61. The van der Waals surface area contributed by atoms with Crippen LogP contribution < -0.4 is 5.32 Å². The van der Waals surface area contributed by atoms with E-state index < -0.39 is 6.09 Å². The zero-order chi connectivity index (χ0) is 9.97. The van der Waals surface area contributed by atoms with Gasteiger partial charge >= 0.3 is 6.09 Å². The Morgan fingerprint density at radius 1 is 1.57 bits per heavy atom. The summed E-state index contributed by atoms with van der Waals surface area (Å²) < 4.78 is 6.26. The Bertz CT molecular complexity index is 431. The van der Waals surface area contributed by atoms with Crippen LogP contribution in [0.5, 0.6) is 0 Å². The van der Waals surface area contributed by atoms with Crippen molar-refractivity contribution < 1.29 is 9.53 Å². The Balaban J connectivity index is 2.31. The highest BCUT2D eigenvalue weighted by molar-refractivity contribution is 5.83. The average Bonchev–Trinajstić information content (AvgIpc) is 2.59. The van der Waals surface area contributed by atoms with Gasteiger partial charge in [0, 0.05) is 6.20 Å². The number of aromatic nitrogens is 2. The second-order valence-electron chi connectivity index (χ2n) is 2.71. The molecular formula is C9H9N3O2. The largest absolute Gasteiger partial charge is 0.453 e. The molecule has 0 bridgehead atoms. The first-order chi connectivity index (χ1) is 6.79. The second kappa shape index (κ2) is 3.37. The van der Waals surface area contributed by atoms with Crippen molar-refractivity contribution in [2.24, 2.45) is 0 Å². The van der Waals surface area contributed by atoms with Crippen LogP contribution in [0.4, 0.5) is 10.6 Å². The normalized spacial score (nSPS) is 10.1. The molecule has 5 heteroatoms. The van der Waals surface area contributed by atoms with Gasteiger partial charge in [-0.1, -0.05) is 6.07 Å². The molecule has 0 saturated carbocycles. The smallest absolute Gasteiger partial charge is 0.412 e. The number of hydrogen-bond acceptors (Lipinski definition) is 3. The van der Waals surface area contributed by atoms with Crippen molar-refractivity contribution >= 4 is 17.6 Å². The van der Waals surface area contributed by atoms with Crippen LogP contribution in [0.3, 0.4) is 0 Å². The summed E-state index contributed by atoms with van der Waals surface area (Å²) in [5.74, 6) is 0.475. The van der Waals surface area contributed by atoms with Crippen molar-refractivity contribution in [1.82, 2.24) is 9.38 Å². The summed E-state index contributed by atoms with van der Waals surface area (Å²) in [6.45, 7) is 0. The van der Waals surface area contributed by atoms with Crippen LogP contribution in [0, 0.1) is 0 Å². The lowest BCUT2D eigenvalue weighted by atomic mass is 10.5. The summed E-state index contributed by atoms with van der Waals surface area (Å²) in [6.07, 6.45) is 3.05. The van der Waals surface area contributed by atoms with E-state index in [4.69, 9.17) is 0 Å². The van der Waals surface area contributed by atoms with Gasteiger partial charge in [0.1, 0.15) is 5.65 Å². The summed E-state index contributed by atoms with van der Waals surface area (Å²) in [7, 11) is 1.31. The molecule has 1 N–H and O–H groups in total. The first-order valence-corrected chi connectivity index (χ1v) is 4.08. The molecule has 14 heavy (non-hydrogen) atoms. The van der Waals surface area contributed by atoms with Crippen molar-refractivity contribution in [3.63, 3.8) is 0 Å². The molecule has 0 spiro atoms. The predicted octanol–water partition coefficient (Wildman–Crippen LogP) is 1.51. The van der Waals surface area contributed by atoms with Crippen molar-refractivity contribution in [3.05, 3.63) is 30.6 Å². The molecule has 2 rings (SSSR count). The molecule has 5 nitrogen and oxygen atoms in total. The Hall–Kier alpha value is -2.04. The maximum absolute atomic E-state index is 10.9. The van der Waals surface area contributed by atoms with Gasteiger partial charge in [-0.15, -0.1) is 0 Å². The molecule has 72 valence electrons. The van der Waals surface area contributed by atoms with E-state index in [0.29, 0.717) is 5.82 Å². The summed E-state index contributed by atoms with van der Waals surface area (Å²) in [5.41, 5.74) is 0.777. The number of anilines is 1. The number of rotatable bonds is 1. The van der Waals surface area contributed by atoms with Crippen molar-refractivity contribution in [1.29, 1.82) is 0 Å². The minimum Gasteiger partial charge on any atom is -0.453 e. The van der Waals surface area contributed by atoms with Crippen LogP contribution in [0.25, 0.3) is 5.65 Å². The highest BCUT2D eigenvalue weighted by Gasteiger charge is 2.04. The molecule has 0 saturated heterocycles. The number of nitrogens with zero attached hydrogens (tertiary/aromatic N) is 2. The first-order valence-electron chi connectivity index (χ1n) is 4.08. The van der Waals surface area contributed by atoms with Crippen LogP contribution in [0.15, 0.2) is 30.6 Å². The zero-order valence-electron chi connectivity index (χ0n) is 7.60. The summed E-state index contributed by atoms with van der Waals surface area (Å²) in [5, 5.41) is 2.49. The number of imidazole rings is 1. The molecule has 0 unspecified atom stereocenters. The number of carbonyl (C=O) groups is 1.